The van der Waals surface area contributed by atoms with Crippen molar-refractivity contribution in [1.29, 1.82) is 0 Å². The zero-order valence-corrected chi connectivity index (χ0v) is 17.3. The second-order valence-electron chi connectivity index (χ2n) is 7.04. The second kappa shape index (κ2) is 8.87. The highest BCUT2D eigenvalue weighted by Gasteiger charge is 2.38. The smallest absolute Gasteiger partial charge is 0.490 e. The fourth-order valence-corrected chi connectivity index (χ4v) is 3.39. The Labute approximate surface area is 179 Å². The summed E-state index contributed by atoms with van der Waals surface area (Å²) in [5.74, 6) is -1.96. The number of ether oxygens (including phenoxy) is 1. The SMILES string of the molecule is COc1ccc2cc3c4ncn(C)c4c(=O)n(CCCN)c3cc2c1.O=C(O)C(F)(F)F. The maximum atomic E-state index is 13.0. The van der Waals surface area contributed by atoms with E-state index in [0.29, 0.717) is 18.6 Å². The number of pyridine rings is 1. The molecule has 0 aliphatic carbocycles. The average molecular weight is 450 g/mol. The molecule has 0 unspecified atom stereocenters. The van der Waals surface area contributed by atoms with Gasteiger partial charge in [0, 0.05) is 19.0 Å². The summed E-state index contributed by atoms with van der Waals surface area (Å²) in [6, 6.07) is 10.1. The molecule has 2 aromatic heterocycles. The van der Waals surface area contributed by atoms with E-state index in [0.717, 1.165) is 39.4 Å². The van der Waals surface area contributed by atoms with Crippen molar-refractivity contribution in [3.63, 3.8) is 0 Å². The summed E-state index contributed by atoms with van der Waals surface area (Å²) >= 11 is 0. The van der Waals surface area contributed by atoms with Gasteiger partial charge in [0.15, 0.2) is 0 Å². The van der Waals surface area contributed by atoms with Crippen LogP contribution >= 0.6 is 0 Å². The van der Waals surface area contributed by atoms with Crippen LogP contribution in [0.15, 0.2) is 41.5 Å². The van der Waals surface area contributed by atoms with Crippen molar-refractivity contribution in [2.24, 2.45) is 12.8 Å². The summed E-state index contributed by atoms with van der Waals surface area (Å²) in [7, 11) is 3.50. The van der Waals surface area contributed by atoms with Gasteiger partial charge in [0.05, 0.1) is 19.0 Å². The van der Waals surface area contributed by atoms with Crippen LogP contribution in [0.2, 0.25) is 0 Å². The molecule has 0 bridgehead atoms. The number of benzene rings is 2. The highest BCUT2D eigenvalue weighted by molar-refractivity contribution is 6.08. The van der Waals surface area contributed by atoms with E-state index in [-0.39, 0.29) is 5.56 Å². The molecule has 8 nitrogen and oxygen atoms in total. The Bertz CT molecular complexity index is 1360. The topological polar surface area (TPSA) is 112 Å². The molecule has 0 fully saturated rings. The molecule has 4 aromatic rings. The van der Waals surface area contributed by atoms with Gasteiger partial charge < -0.3 is 24.7 Å². The molecule has 2 aromatic carbocycles. The van der Waals surface area contributed by atoms with E-state index in [4.69, 9.17) is 20.4 Å². The third-order valence-electron chi connectivity index (χ3n) is 4.92. The zero-order valence-electron chi connectivity index (χ0n) is 17.3. The minimum Gasteiger partial charge on any atom is -0.497 e. The summed E-state index contributed by atoms with van der Waals surface area (Å²) in [6.45, 7) is 1.13. The minimum atomic E-state index is -5.08. The number of halogens is 3. The largest absolute Gasteiger partial charge is 0.497 e. The summed E-state index contributed by atoms with van der Waals surface area (Å²) in [5.41, 5.74) is 7.89. The molecule has 0 saturated heterocycles. The number of nitrogens with two attached hydrogens (primary N) is 1. The molecule has 0 amide bonds. The van der Waals surface area contributed by atoms with Crippen LogP contribution in [-0.2, 0) is 18.4 Å². The van der Waals surface area contributed by atoms with Gasteiger partial charge in [-0.2, -0.15) is 13.2 Å². The Morgan fingerprint density at radius 1 is 1.22 bits per heavy atom. The number of aliphatic carboxylic acids is 1. The van der Waals surface area contributed by atoms with Crippen LogP contribution in [0.4, 0.5) is 13.2 Å². The number of fused-ring (bicyclic) bond motifs is 4. The van der Waals surface area contributed by atoms with E-state index in [1.807, 2.05) is 35.9 Å². The van der Waals surface area contributed by atoms with Crippen molar-refractivity contribution in [2.45, 2.75) is 19.1 Å². The van der Waals surface area contributed by atoms with E-state index >= 15 is 0 Å². The van der Waals surface area contributed by atoms with Gasteiger partial charge in [-0.15, -0.1) is 0 Å². The number of carboxylic acid groups (broad SMARTS) is 1. The number of aryl methyl sites for hydroxylation is 2. The van der Waals surface area contributed by atoms with Gasteiger partial charge in [0.1, 0.15) is 16.8 Å². The molecule has 0 aliphatic rings. The molecule has 0 atom stereocenters. The lowest BCUT2D eigenvalue weighted by atomic mass is 10.1. The number of alkyl halides is 3. The Balaban J connectivity index is 0.000000360. The molecule has 3 N–H and O–H groups in total. The van der Waals surface area contributed by atoms with Crippen molar-refractivity contribution in [3.05, 3.63) is 47.0 Å². The highest BCUT2D eigenvalue weighted by atomic mass is 19.4. The number of imidazole rings is 1. The van der Waals surface area contributed by atoms with E-state index in [2.05, 4.69) is 11.1 Å². The van der Waals surface area contributed by atoms with Crippen molar-refractivity contribution in [1.82, 2.24) is 14.1 Å². The number of nitrogens with zero attached hydrogens (tertiary/aromatic N) is 3. The Kier molecular flexibility index (Phi) is 6.40. The number of methoxy groups -OCH3 is 1. The maximum Gasteiger partial charge on any atom is 0.490 e. The number of aromatic nitrogens is 3. The number of hydrogen-bond acceptors (Lipinski definition) is 5. The molecule has 4 rings (SSSR count). The molecule has 0 saturated carbocycles. The van der Waals surface area contributed by atoms with Gasteiger partial charge in [0.25, 0.3) is 5.56 Å². The van der Waals surface area contributed by atoms with Crippen molar-refractivity contribution in [3.8, 4) is 5.75 Å². The first-order valence-electron chi connectivity index (χ1n) is 9.54. The maximum absolute atomic E-state index is 13.0. The Morgan fingerprint density at radius 2 is 1.91 bits per heavy atom. The summed E-state index contributed by atoms with van der Waals surface area (Å²) in [4.78, 5) is 26.4. The van der Waals surface area contributed by atoms with Crippen LogP contribution < -0.4 is 16.0 Å². The molecule has 170 valence electrons. The van der Waals surface area contributed by atoms with Crippen molar-refractivity contribution in [2.75, 3.05) is 13.7 Å². The Hall–Kier alpha value is -3.60. The van der Waals surface area contributed by atoms with Gasteiger partial charge in [-0.05, 0) is 48.0 Å². The number of hydrogen-bond donors (Lipinski definition) is 2. The van der Waals surface area contributed by atoms with Crippen LogP contribution in [0.25, 0.3) is 32.7 Å². The third kappa shape index (κ3) is 4.37. The molecule has 0 radical (unpaired) electrons. The highest BCUT2D eigenvalue weighted by Crippen LogP contribution is 2.29. The second-order valence-corrected chi connectivity index (χ2v) is 7.04. The van der Waals surface area contributed by atoms with Gasteiger partial charge in [-0.1, -0.05) is 6.07 Å². The Morgan fingerprint density at radius 3 is 2.50 bits per heavy atom. The number of carbonyl (C=O) groups is 1. The summed E-state index contributed by atoms with van der Waals surface area (Å²) < 4.78 is 40.7. The lowest BCUT2D eigenvalue weighted by Crippen LogP contribution is -2.23. The normalized spacial score (nSPS) is 11.6. The quantitative estimate of drug-likeness (QED) is 0.462. The molecule has 11 heteroatoms. The van der Waals surface area contributed by atoms with Crippen LogP contribution in [0, 0.1) is 0 Å². The summed E-state index contributed by atoms with van der Waals surface area (Å²) in [5, 5.41) is 10.2. The molecule has 32 heavy (non-hydrogen) atoms. The van der Waals surface area contributed by atoms with E-state index in [9.17, 15) is 18.0 Å². The molecular weight excluding hydrogens is 429 g/mol. The van der Waals surface area contributed by atoms with Crippen LogP contribution in [0.1, 0.15) is 6.42 Å². The lowest BCUT2D eigenvalue weighted by molar-refractivity contribution is -0.192. The van der Waals surface area contributed by atoms with E-state index in [1.54, 1.807) is 18.0 Å². The predicted molar refractivity (Wildman–Crippen MR) is 114 cm³/mol. The van der Waals surface area contributed by atoms with Gasteiger partial charge in [0.2, 0.25) is 0 Å². The van der Waals surface area contributed by atoms with Crippen molar-refractivity contribution >= 4 is 38.7 Å². The molecule has 2 heterocycles. The third-order valence-corrected chi connectivity index (χ3v) is 4.92. The molecule has 0 spiro atoms. The van der Waals surface area contributed by atoms with Crippen molar-refractivity contribution < 1.29 is 27.8 Å². The molecule has 0 aliphatic heterocycles. The predicted octanol–water partition coefficient (Wildman–Crippen LogP) is 3.03. The summed E-state index contributed by atoms with van der Waals surface area (Å²) in [6.07, 6.45) is -2.65. The first-order chi connectivity index (χ1) is 15.1. The van der Waals surface area contributed by atoms with Gasteiger partial charge in [-0.25, -0.2) is 9.78 Å². The van der Waals surface area contributed by atoms with Gasteiger partial charge in [-0.3, -0.25) is 4.79 Å². The van der Waals surface area contributed by atoms with Gasteiger partial charge >= 0.3 is 12.1 Å². The monoisotopic (exact) mass is 450 g/mol. The number of carboxylic acids is 1. The van der Waals surface area contributed by atoms with Crippen LogP contribution in [0.5, 0.6) is 5.75 Å². The first kappa shape index (κ1) is 23.1. The zero-order chi connectivity index (χ0) is 23.6. The lowest BCUT2D eigenvalue weighted by Gasteiger charge is -2.13. The van der Waals surface area contributed by atoms with Crippen LogP contribution in [-0.4, -0.2) is 45.0 Å². The fraction of sp³-hybridized carbons (Fsp3) is 0.286. The average Bonchev–Trinajstić information content (AvgIpc) is 3.14. The number of rotatable bonds is 4. The van der Waals surface area contributed by atoms with E-state index in [1.165, 1.54) is 0 Å². The fourth-order valence-electron chi connectivity index (χ4n) is 3.39. The standard InChI is InChI=1S/C19H20N4O2.C2HF3O2/c1-22-11-21-17-15-9-12-4-5-14(25-2)8-13(12)10-16(15)23(7-3-6-20)19(24)18(17)22;3-2(4,5)1(6)7/h4-5,8-11H,3,6-7,20H2,1-2H3;(H,6,7). The van der Waals surface area contributed by atoms with Crippen LogP contribution in [0.3, 0.4) is 0 Å². The minimum absolute atomic E-state index is 0.0294. The first-order valence-corrected chi connectivity index (χ1v) is 9.54. The van der Waals surface area contributed by atoms with E-state index < -0.39 is 12.1 Å². The molecular formula is C21H21F3N4O4.